The SMILES string of the molecule is C#CCCC(O)C1CCC(C)(C)CC1. The third-order valence-electron chi connectivity index (χ3n) is 3.51. The zero-order chi connectivity index (χ0) is 10.6. The summed E-state index contributed by atoms with van der Waals surface area (Å²) in [6, 6.07) is 0. The van der Waals surface area contributed by atoms with Crippen molar-refractivity contribution in [1.29, 1.82) is 0 Å². The topological polar surface area (TPSA) is 20.2 Å². The lowest BCUT2D eigenvalue weighted by atomic mass is 9.71. The van der Waals surface area contributed by atoms with Crippen LogP contribution in [0.15, 0.2) is 0 Å². The Hall–Kier alpha value is -0.480. The smallest absolute Gasteiger partial charge is 0.0577 e. The van der Waals surface area contributed by atoms with Gasteiger partial charge in [0.05, 0.1) is 6.10 Å². The Labute approximate surface area is 87.9 Å². The first-order valence-corrected chi connectivity index (χ1v) is 5.67. The quantitative estimate of drug-likeness (QED) is 0.685. The van der Waals surface area contributed by atoms with Crippen molar-refractivity contribution >= 4 is 0 Å². The molecule has 1 nitrogen and oxygen atoms in total. The van der Waals surface area contributed by atoms with Crippen LogP contribution in [0.3, 0.4) is 0 Å². The van der Waals surface area contributed by atoms with Gasteiger partial charge in [-0.2, -0.15) is 0 Å². The van der Waals surface area contributed by atoms with Crippen LogP contribution >= 0.6 is 0 Å². The minimum atomic E-state index is -0.165. The van der Waals surface area contributed by atoms with Crippen LogP contribution in [0, 0.1) is 23.7 Å². The third-order valence-corrected chi connectivity index (χ3v) is 3.51. The van der Waals surface area contributed by atoms with E-state index in [-0.39, 0.29) is 6.10 Å². The maximum atomic E-state index is 9.88. The van der Waals surface area contributed by atoms with Crippen molar-refractivity contribution < 1.29 is 5.11 Å². The molecule has 0 aromatic heterocycles. The van der Waals surface area contributed by atoms with E-state index in [1.807, 2.05) is 0 Å². The molecule has 1 heteroatoms. The summed E-state index contributed by atoms with van der Waals surface area (Å²) in [5, 5.41) is 9.88. The molecular formula is C13H22O. The molecule has 1 N–H and O–H groups in total. The normalized spacial score (nSPS) is 24.1. The molecule has 0 saturated heterocycles. The van der Waals surface area contributed by atoms with Crippen LogP contribution < -0.4 is 0 Å². The van der Waals surface area contributed by atoms with Gasteiger partial charge in [0.25, 0.3) is 0 Å². The fourth-order valence-electron chi connectivity index (χ4n) is 2.27. The summed E-state index contributed by atoms with van der Waals surface area (Å²) in [5.74, 6) is 3.09. The maximum absolute atomic E-state index is 9.88. The molecule has 0 spiro atoms. The number of rotatable bonds is 3. The van der Waals surface area contributed by atoms with E-state index in [2.05, 4.69) is 19.8 Å². The average Bonchev–Trinajstić information content (AvgIpc) is 2.14. The standard InChI is InChI=1S/C13H22O/c1-4-5-6-12(14)11-7-9-13(2,3)10-8-11/h1,11-12,14H,5-10H2,2-3H3. The molecule has 80 valence electrons. The average molecular weight is 194 g/mol. The summed E-state index contributed by atoms with van der Waals surface area (Å²) in [6.07, 6.45) is 11.3. The lowest BCUT2D eigenvalue weighted by Crippen LogP contribution is -2.28. The first-order chi connectivity index (χ1) is 6.55. The molecule has 0 heterocycles. The molecule has 0 amide bonds. The highest BCUT2D eigenvalue weighted by molar-refractivity contribution is 4.87. The Bertz CT molecular complexity index is 202. The predicted molar refractivity (Wildman–Crippen MR) is 59.8 cm³/mol. The zero-order valence-corrected chi connectivity index (χ0v) is 9.42. The van der Waals surface area contributed by atoms with Crippen molar-refractivity contribution in [3.63, 3.8) is 0 Å². The van der Waals surface area contributed by atoms with Gasteiger partial charge in [0, 0.05) is 6.42 Å². The Balaban J connectivity index is 2.31. The van der Waals surface area contributed by atoms with Crippen LogP contribution in [0.2, 0.25) is 0 Å². The fraction of sp³-hybridized carbons (Fsp3) is 0.846. The van der Waals surface area contributed by atoms with Gasteiger partial charge in [0.1, 0.15) is 0 Å². The molecule has 0 bridgehead atoms. The van der Waals surface area contributed by atoms with E-state index in [4.69, 9.17) is 6.42 Å². The molecule has 1 atom stereocenters. The van der Waals surface area contributed by atoms with E-state index in [1.54, 1.807) is 0 Å². The van der Waals surface area contributed by atoms with E-state index < -0.39 is 0 Å². The fourth-order valence-corrected chi connectivity index (χ4v) is 2.27. The van der Waals surface area contributed by atoms with Crippen molar-refractivity contribution in [3.05, 3.63) is 0 Å². The summed E-state index contributed by atoms with van der Waals surface area (Å²) in [6.45, 7) is 4.63. The molecule has 0 aromatic carbocycles. The summed E-state index contributed by atoms with van der Waals surface area (Å²) in [7, 11) is 0. The van der Waals surface area contributed by atoms with Gasteiger partial charge in [-0.25, -0.2) is 0 Å². The molecule has 0 aromatic rings. The monoisotopic (exact) mass is 194 g/mol. The Morgan fingerprint density at radius 1 is 1.43 bits per heavy atom. The summed E-state index contributed by atoms with van der Waals surface area (Å²) < 4.78 is 0. The molecule has 1 unspecified atom stereocenters. The van der Waals surface area contributed by atoms with E-state index in [1.165, 1.54) is 25.7 Å². The Morgan fingerprint density at radius 2 is 2.00 bits per heavy atom. The highest BCUT2D eigenvalue weighted by atomic mass is 16.3. The third kappa shape index (κ3) is 3.35. The summed E-state index contributed by atoms with van der Waals surface area (Å²) in [4.78, 5) is 0. The first-order valence-electron chi connectivity index (χ1n) is 5.67. The van der Waals surface area contributed by atoms with Gasteiger partial charge in [-0.05, 0) is 43.4 Å². The molecule has 0 aliphatic heterocycles. The van der Waals surface area contributed by atoms with Crippen LogP contribution in [0.25, 0.3) is 0 Å². The Morgan fingerprint density at radius 3 is 2.50 bits per heavy atom. The van der Waals surface area contributed by atoms with Gasteiger partial charge in [-0.3, -0.25) is 0 Å². The van der Waals surface area contributed by atoms with Gasteiger partial charge in [0.15, 0.2) is 0 Å². The van der Waals surface area contributed by atoms with Gasteiger partial charge < -0.3 is 5.11 Å². The van der Waals surface area contributed by atoms with Gasteiger partial charge >= 0.3 is 0 Å². The van der Waals surface area contributed by atoms with E-state index in [0.29, 0.717) is 17.8 Å². The minimum absolute atomic E-state index is 0.165. The van der Waals surface area contributed by atoms with E-state index >= 15 is 0 Å². The second kappa shape index (κ2) is 4.84. The summed E-state index contributed by atoms with van der Waals surface area (Å²) >= 11 is 0. The van der Waals surface area contributed by atoms with Crippen molar-refractivity contribution in [1.82, 2.24) is 0 Å². The van der Waals surface area contributed by atoms with Crippen molar-refractivity contribution in [2.24, 2.45) is 11.3 Å². The molecule has 0 radical (unpaired) electrons. The van der Waals surface area contributed by atoms with Crippen LogP contribution in [-0.2, 0) is 0 Å². The molecule has 1 rings (SSSR count). The summed E-state index contributed by atoms with van der Waals surface area (Å²) in [5.41, 5.74) is 0.488. The van der Waals surface area contributed by atoms with Crippen LogP contribution in [0.4, 0.5) is 0 Å². The van der Waals surface area contributed by atoms with Crippen molar-refractivity contribution in [2.45, 2.75) is 58.5 Å². The number of terminal acetylenes is 1. The lowest BCUT2D eigenvalue weighted by Gasteiger charge is -2.36. The second-order valence-electron chi connectivity index (χ2n) is 5.31. The lowest BCUT2D eigenvalue weighted by molar-refractivity contribution is 0.0526. The molecule has 14 heavy (non-hydrogen) atoms. The minimum Gasteiger partial charge on any atom is -0.393 e. The molecule has 1 aliphatic carbocycles. The number of hydrogen-bond acceptors (Lipinski definition) is 1. The van der Waals surface area contributed by atoms with Gasteiger partial charge in [-0.1, -0.05) is 13.8 Å². The highest BCUT2D eigenvalue weighted by Crippen LogP contribution is 2.39. The first kappa shape index (κ1) is 11.6. The second-order valence-corrected chi connectivity index (χ2v) is 5.31. The molecule has 1 aliphatic rings. The van der Waals surface area contributed by atoms with Crippen molar-refractivity contribution in [3.8, 4) is 12.3 Å². The molecular weight excluding hydrogens is 172 g/mol. The molecule has 1 saturated carbocycles. The van der Waals surface area contributed by atoms with Crippen LogP contribution in [0.5, 0.6) is 0 Å². The Kier molecular flexibility index (Phi) is 4.01. The predicted octanol–water partition coefficient (Wildman–Crippen LogP) is 2.98. The number of aliphatic hydroxyl groups is 1. The van der Waals surface area contributed by atoms with Crippen LogP contribution in [-0.4, -0.2) is 11.2 Å². The van der Waals surface area contributed by atoms with Crippen LogP contribution in [0.1, 0.15) is 52.4 Å². The van der Waals surface area contributed by atoms with E-state index in [0.717, 1.165) is 6.42 Å². The van der Waals surface area contributed by atoms with E-state index in [9.17, 15) is 5.11 Å². The zero-order valence-electron chi connectivity index (χ0n) is 9.42. The maximum Gasteiger partial charge on any atom is 0.0577 e. The number of aliphatic hydroxyl groups excluding tert-OH is 1. The molecule has 1 fully saturated rings. The highest BCUT2D eigenvalue weighted by Gasteiger charge is 2.30. The largest absolute Gasteiger partial charge is 0.393 e. The number of hydrogen-bond donors (Lipinski definition) is 1. The van der Waals surface area contributed by atoms with Gasteiger partial charge in [0.2, 0.25) is 0 Å². The van der Waals surface area contributed by atoms with Crippen molar-refractivity contribution in [2.75, 3.05) is 0 Å². The van der Waals surface area contributed by atoms with Gasteiger partial charge in [-0.15, -0.1) is 12.3 Å².